The van der Waals surface area contributed by atoms with Crippen molar-refractivity contribution in [1.82, 2.24) is 16.0 Å². The lowest BCUT2D eigenvalue weighted by Crippen LogP contribution is -2.49. The van der Waals surface area contributed by atoms with E-state index in [1.54, 1.807) is 0 Å². The Hall–Kier alpha value is -0.770. The number of nitrogens with zero attached hydrogens (tertiary/aromatic N) is 1. The molecule has 7 nitrogen and oxygen atoms in total. The molecule has 25 heavy (non-hydrogen) atoms. The summed E-state index contributed by atoms with van der Waals surface area (Å²) in [7, 11) is 0. The molecule has 8 heteroatoms. The van der Waals surface area contributed by atoms with Crippen LogP contribution in [0.15, 0.2) is 4.99 Å². The molecule has 0 aliphatic heterocycles. The van der Waals surface area contributed by atoms with Gasteiger partial charge in [-0.3, -0.25) is 4.99 Å². The number of amides is 1. The monoisotopic (exact) mass is 472 g/mol. The second-order valence-corrected chi connectivity index (χ2v) is 7.18. The van der Waals surface area contributed by atoms with Crippen LogP contribution < -0.4 is 16.0 Å². The third-order valence-electron chi connectivity index (χ3n) is 2.78. The van der Waals surface area contributed by atoms with Gasteiger partial charge in [0.15, 0.2) is 5.96 Å². The van der Waals surface area contributed by atoms with Gasteiger partial charge in [0.2, 0.25) is 0 Å². The van der Waals surface area contributed by atoms with Crippen LogP contribution in [0.4, 0.5) is 4.79 Å². The molecule has 0 rings (SSSR count). The fraction of sp³-hybridized carbons (Fsp3) is 0.882. The zero-order chi connectivity index (χ0) is 18.6. The van der Waals surface area contributed by atoms with Crippen LogP contribution in [0.1, 0.15) is 54.9 Å². The molecule has 0 heterocycles. The highest BCUT2D eigenvalue weighted by atomic mass is 127. The van der Waals surface area contributed by atoms with Crippen LogP contribution in [-0.4, -0.2) is 56.0 Å². The highest BCUT2D eigenvalue weighted by Gasteiger charge is 2.24. The lowest BCUT2D eigenvalue weighted by molar-refractivity contribution is 0.0476. The second kappa shape index (κ2) is 13.4. The van der Waals surface area contributed by atoms with E-state index in [4.69, 9.17) is 9.47 Å². The molecule has 0 aromatic carbocycles. The number of guanidine groups is 1. The predicted molar refractivity (Wildman–Crippen MR) is 114 cm³/mol. The van der Waals surface area contributed by atoms with Crippen LogP contribution in [0.25, 0.3) is 0 Å². The van der Waals surface area contributed by atoms with E-state index in [9.17, 15) is 4.79 Å². The molecule has 0 aliphatic carbocycles. The average Bonchev–Trinajstić information content (AvgIpc) is 2.41. The Morgan fingerprint density at radius 3 is 2.24 bits per heavy atom. The number of carbonyl (C=O) groups excluding carboxylic acids is 1. The zero-order valence-electron chi connectivity index (χ0n) is 16.8. The highest BCUT2D eigenvalue weighted by molar-refractivity contribution is 14.0. The molecule has 150 valence electrons. The first-order valence-electron chi connectivity index (χ1n) is 8.70. The SMILES string of the molecule is CCNC(=NCC(C)(C)NC(=O)OC(C)(C)C)NCCCOCC.I. The van der Waals surface area contributed by atoms with Crippen molar-refractivity contribution in [2.24, 2.45) is 4.99 Å². The highest BCUT2D eigenvalue weighted by Crippen LogP contribution is 2.09. The van der Waals surface area contributed by atoms with Crippen molar-refractivity contribution in [3.8, 4) is 0 Å². The minimum absolute atomic E-state index is 0. The van der Waals surface area contributed by atoms with Crippen LogP contribution >= 0.6 is 24.0 Å². The van der Waals surface area contributed by atoms with Crippen molar-refractivity contribution in [2.75, 3.05) is 32.8 Å². The maximum absolute atomic E-state index is 11.9. The number of carbonyl (C=O) groups is 1. The fourth-order valence-electron chi connectivity index (χ4n) is 1.76. The molecule has 0 aromatic rings. The van der Waals surface area contributed by atoms with Gasteiger partial charge in [-0.05, 0) is 54.9 Å². The van der Waals surface area contributed by atoms with Crippen LogP contribution in [-0.2, 0) is 9.47 Å². The van der Waals surface area contributed by atoms with Gasteiger partial charge in [0.25, 0.3) is 0 Å². The Morgan fingerprint density at radius 2 is 1.72 bits per heavy atom. The second-order valence-electron chi connectivity index (χ2n) is 7.18. The smallest absolute Gasteiger partial charge is 0.408 e. The summed E-state index contributed by atoms with van der Waals surface area (Å²) < 4.78 is 10.6. The molecule has 0 bridgehead atoms. The molecule has 3 N–H and O–H groups in total. The van der Waals surface area contributed by atoms with E-state index in [-0.39, 0.29) is 24.0 Å². The number of rotatable bonds is 9. The topological polar surface area (TPSA) is 84.0 Å². The Balaban J connectivity index is 0. The van der Waals surface area contributed by atoms with Crippen molar-refractivity contribution in [3.63, 3.8) is 0 Å². The standard InChI is InChI=1S/C17H36N4O3.HI/c1-8-18-14(19-11-10-12-23-9-2)20-13-17(6,7)21-15(22)24-16(3,4)5;/h8-13H2,1-7H3,(H,21,22)(H2,18,19,20);1H. The van der Waals surface area contributed by atoms with Crippen LogP contribution in [0, 0.1) is 0 Å². The number of ether oxygens (including phenoxy) is 2. The van der Waals surface area contributed by atoms with Gasteiger partial charge in [0.05, 0.1) is 12.1 Å². The molecule has 0 aliphatic rings. The lowest BCUT2D eigenvalue weighted by Gasteiger charge is -2.27. The van der Waals surface area contributed by atoms with E-state index in [2.05, 4.69) is 20.9 Å². The van der Waals surface area contributed by atoms with E-state index in [0.29, 0.717) is 6.54 Å². The first-order valence-corrected chi connectivity index (χ1v) is 8.70. The number of nitrogens with one attached hydrogen (secondary N) is 3. The van der Waals surface area contributed by atoms with Crippen molar-refractivity contribution in [2.45, 2.75) is 66.0 Å². The molecule has 0 saturated heterocycles. The Kier molecular flexibility index (Phi) is 14.2. The van der Waals surface area contributed by atoms with Gasteiger partial charge >= 0.3 is 6.09 Å². The summed E-state index contributed by atoms with van der Waals surface area (Å²) in [5.41, 5.74) is -1.02. The summed E-state index contributed by atoms with van der Waals surface area (Å²) in [5, 5.41) is 9.30. The minimum Gasteiger partial charge on any atom is -0.444 e. The summed E-state index contributed by atoms with van der Waals surface area (Å²) in [6.07, 6.45) is 0.482. The fourth-order valence-corrected chi connectivity index (χ4v) is 1.76. The van der Waals surface area contributed by atoms with E-state index in [1.165, 1.54) is 0 Å². The number of aliphatic imine (C=N–C) groups is 1. The van der Waals surface area contributed by atoms with Crippen molar-refractivity contribution in [3.05, 3.63) is 0 Å². The van der Waals surface area contributed by atoms with Crippen molar-refractivity contribution < 1.29 is 14.3 Å². The number of halogens is 1. The third kappa shape index (κ3) is 16.4. The first kappa shape index (κ1) is 26.5. The molecule has 0 radical (unpaired) electrons. The van der Waals surface area contributed by atoms with E-state index >= 15 is 0 Å². The Bertz CT molecular complexity index is 396. The summed E-state index contributed by atoms with van der Waals surface area (Å²) in [4.78, 5) is 16.4. The summed E-state index contributed by atoms with van der Waals surface area (Å²) >= 11 is 0. The number of hydrogen-bond acceptors (Lipinski definition) is 4. The van der Waals surface area contributed by atoms with Gasteiger partial charge < -0.3 is 25.4 Å². The quantitative estimate of drug-likeness (QED) is 0.208. The van der Waals surface area contributed by atoms with Gasteiger partial charge in [-0.15, -0.1) is 24.0 Å². The molecular weight excluding hydrogens is 435 g/mol. The van der Waals surface area contributed by atoms with E-state index < -0.39 is 17.2 Å². The largest absolute Gasteiger partial charge is 0.444 e. The van der Waals surface area contributed by atoms with E-state index in [1.807, 2.05) is 48.5 Å². The lowest BCUT2D eigenvalue weighted by atomic mass is 10.1. The molecule has 0 unspecified atom stereocenters. The molecule has 0 saturated carbocycles. The van der Waals surface area contributed by atoms with Crippen molar-refractivity contribution in [1.29, 1.82) is 0 Å². The van der Waals surface area contributed by atoms with Gasteiger partial charge in [-0.2, -0.15) is 0 Å². The molecule has 0 atom stereocenters. The zero-order valence-corrected chi connectivity index (χ0v) is 19.2. The van der Waals surface area contributed by atoms with Crippen LogP contribution in [0.5, 0.6) is 0 Å². The Morgan fingerprint density at radius 1 is 1.08 bits per heavy atom. The summed E-state index contributed by atoms with van der Waals surface area (Å²) in [5.74, 6) is 0.730. The normalized spacial score (nSPS) is 12.2. The number of alkyl carbamates (subject to hydrolysis) is 1. The summed E-state index contributed by atoms with van der Waals surface area (Å²) in [6, 6.07) is 0. The average molecular weight is 472 g/mol. The summed E-state index contributed by atoms with van der Waals surface area (Å²) in [6.45, 7) is 16.8. The molecular formula is C17H37IN4O3. The van der Waals surface area contributed by atoms with Gasteiger partial charge in [-0.25, -0.2) is 4.79 Å². The third-order valence-corrected chi connectivity index (χ3v) is 2.78. The van der Waals surface area contributed by atoms with E-state index in [0.717, 1.165) is 38.7 Å². The predicted octanol–water partition coefficient (Wildman–Crippen LogP) is 2.89. The van der Waals surface area contributed by atoms with Crippen molar-refractivity contribution >= 4 is 36.0 Å². The molecule has 0 aromatic heterocycles. The van der Waals surface area contributed by atoms with Gasteiger partial charge in [0, 0.05) is 26.3 Å². The minimum atomic E-state index is -0.513. The molecule has 0 spiro atoms. The number of hydrogen-bond donors (Lipinski definition) is 3. The van der Waals surface area contributed by atoms with Gasteiger partial charge in [0.1, 0.15) is 5.60 Å². The molecule has 0 fully saturated rings. The van der Waals surface area contributed by atoms with Crippen LogP contribution in [0.3, 0.4) is 0 Å². The molecule has 1 amide bonds. The van der Waals surface area contributed by atoms with Crippen LogP contribution in [0.2, 0.25) is 0 Å². The first-order chi connectivity index (χ1) is 11.1. The Labute approximate surface area is 170 Å². The van der Waals surface area contributed by atoms with Gasteiger partial charge in [-0.1, -0.05) is 0 Å². The maximum Gasteiger partial charge on any atom is 0.408 e. The maximum atomic E-state index is 11.9.